The summed E-state index contributed by atoms with van der Waals surface area (Å²) < 4.78 is 9.59. The average molecular weight is 252 g/mol. The third-order valence-electron chi connectivity index (χ3n) is 5.10. The summed E-state index contributed by atoms with van der Waals surface area (Å²) in [6.07, 6.45) is 0.319. The lowest BCUT2D eigenvalue weighted by Crippen LogP contribution is -2.53. The van der Waals surface area contributed by atoms with Crippen LogP contribution in [0.2, 0.25) is 0 Å². The smallest absolute Gasteiger partial charge is 0.317 e. The maximum atomic E-state index is 11.8. The Labute approximate surface area is 102 Å². The van der Waals surface area contributed by atoms with E-state index in [0.717, 1.165) is 12.8 Å². The van der Waals surface area contributed by atoms with Gasteiger partial charge in [0.1, 0.15) is 0 Å². The summed E-state index contributed by atoms with van der Waals surface area (Å²) in [4.78, 5) is 35.2. The van der Waals surface area contributed by atoms with E-state index in [1.165, 1.54) is 0 Å². The Balaban J connectivity index is 1.82. The fourth-order valence-corrected chi connectivity index (χ4v) is 4.54. The van der Waals surface area contributed by atoms with Crippen LogP contribution in [0.3, 0.4) is 0 Å². The van der Waals surface area contributed by atoms with E-state index < -0.39 is 42.0 Å². The normalized spacial score (nSPS) is 52.9. The van der Waals surface area contributed by atoms with Crippen LogP contribution < -0.4 is 0 Å². The number of cyclic esters (lactones) is 3. The molecule has 2 bridgehead atoms. The molecule has 0 aromatic carbocycles. The lowest BCUT2D eigenvalue weighted by Gasteiger charge is -2.48. The molecule has 2 saturated heterocycles. The molecule has 0 aromatic heterocycles. The topological polar surface area (TPSA) is 89.9 Å². The number of esters is 3. The van der Waals surface area contributed by atoms with Crippen LogP contribution in [0.4, 0.5) is 0 Å². The zero-order valence-corrected chi connectivity index (χ0v) is 9.44. The first kappa shape index (κ1) is 10.5. The monoisotopic (exact) mass is 252 g/mol. The van der Waals surface area contributed by atoms with E-state index in [4.69, 9.17) is 9.47 Å². The van der Waals surface area contributed by atoms with E-state index in [2.05, 4.69) is 0 Å². The highest BCUT2D eigenvalue weighted by molar-refractivity contribution is 5.98. The first-order chi connectivity index (χ1) is 8.59. The fourth-order valence-electron chi connectivity index (χ4n) is 4.54. The van der Waals surface area contributed by atoms with Gasteiger partial charge in [-0.3, -0.25) is 14.4 Å². The summed E-state index contributed by atoms with van der Waals surface area (Å²) in [5.74, 6) is -3.62. The minimum Gasteiger partial charge on any atom is -0.435 e. The van der Waals surface area contributed by atoms with Gasteiger partial charge in [0.15, 0.2) is 0 Å². The van der Waals surface area contributed by atoms with Crippen molar-refractivity contribution in [3.63, 3.8) is 0 Å². The molecule has 5 fully saturated rings. The Morgan fingerprint density at radius 3 is 2.22 bits per heavy atom. The average Bonchev–Trinajstić information content (AvgIpc) is 2.81. The van der Waals surface area contributed by atoms with Gasteiger partial charge in [-0.25, -0.2) is 0 Å². The molecule has 2 heterocycles. The lowest BCUT2D eigenvalue weighted by molar-refractivity contribution is -0.158. The Kier molecular flexibility index (Phi) is 1.82. The molecule has 3 aliphatic carbocycles. The molecule has 3 saturated carbocycles. The number of rotatable bonds is 0. The minimum atomic E-state index is -1.14. The molecule has 7 unspecified atom stereocenters. The Morgan fingerprint density at radius 1 is 0.889 bits per heavy atom. The largest absolute Gasteiger partial charge is 0.435 e. The number of carbonyl (C=O) groups is 3. The van der Waals surface area contributed by atoms with Crippen molar-refractivity contribution < 1.29 is 29.0 Å². The SMILES string of the molecule is O=C1OC(=O)C2C3CCC(C12)C1C(=O)OC(O)C31. The van der Waals surface area contributed by atoms with Gasteiger partial charge in [0.05, 0.1) is 17.8 Å². The van der Waals surface area contributed by atoms with E-state index in [1.807, 2.05) is 0 Å². The highest BCUT2D eigenvalue weighted by atomic mass is 16.6. The predicted molar refractivity (Wildman–Crippen MR) is 53.4 cm³/mol. The molecule has 5 aliphatic rings. The summed E-state index contributed by atoms with van der Waals surface area (Å²) in [7, 11) is 0. The Morgan fingerprint density at radius 2 is 1.50 bits per heavy atom. The van der Waals surface area contributed by atoms with Gasteiger partial charge in [-0.15, -0.1) is 0 Å². The van der Waals surface area contributed by atoms with Gasteiger partial charge < -0.3 is 14.6 Å². The molecule has 1 N–H and O–H groups in total. The Hall–Kier alpha value is -1.43. The van der Waals surface area contributed by atoms with Crippen molar-refractivity contribution in [2.75, 3.05) is 0 Å². The second-order valence-electron chi connectivity index (χ2n) is 5.63. The van der Waals surface area contributed by atoms with Crippen molar-refractivity contribution in [1.29, 1.82) is 0 Å². The van der Waals surface area contributed by atoms with Crippen LogP contribution in [0.1, 0.15) is 12.8 Å². The molecule has 0 radical (unpaired) electrons. The van der Waals surface area contributed by atoms with Crippen molar-refractivity contribution in [1.82, 2.24) is 0 Å². The van der Waals surface area contributed by atoms with Crippen LogP contribution >= 0.6 is 0 Å². The number of hydrogen-bond donors (Lipinski definition) is 1. The predicted octanol–water partition coefficient (Wildman–Crippen LogP) is -0.550. The van der Waals surface area contributed by atoms with Crippen LogP contribution in [-0.4, -0.2) is 29.3 Å². The molecule has 18 heavy (non-hydrogen) atoms. The van der Waals surface area contributed by atoms with Crippen LogP contribution in [0.5, 0.6) is 0 Å². The molecule has 6 heteroatoms. The summed E-state index contributed by atoms with van der Waals surface area (Å²) in [5, 5.41) is 9.81. The summed E-state index contributed by atoms with van der Waals surface area (Å²) >= 11 is 0. The number of aliphatic hydroxyl groups excluding tert-OH is 1. The summed E-state index contributed by atoms with van der Waals surface area (Å²) in [6.45, 7) is 0. The van der Waals surface area contributed by atoms with Crippen molar-refractivity contribution in [3.8, 4) is 0 Å². The van der Waals surface area contributed by atoms with E-state index >= 15 is 0 Å². The van der Waals surface area contributed by atoms with Gasteiger partial charge in [-0.2, -0.15) is 0 Å². The zero-order valence-electron chi connectivity index (χ0n) is 9.44. The maximum absolute atomic E-state index is 11.8. The fraction of sp³-hybridized carbons (Fsp3) is 0.750. The van der Waals surface area contributed by atoms with Crippen LogP contribution in [0, 0.1) is 35.5 Å². The van der Waals surface area contributed by atoms with Crippen molar-refractivity contribution in [2.45, 2.75) is 19.1 Å². The Bertz CT molecular complexity index is 471. The molecule has 96 valence electrons. The van der Waals surface area contributed by atoms with Crippen LogP contribution in [0.25, 0.3) is 0 Å². The molecule has 6 nitrogen and oxygen atoms in total. The van der Waals surface area contributed by atoms with Crippen molar-refractivity contribution in [3.05, 3.63) is 0 Å². The first-order valence-electron chi connectivity index (χ1n) is 6.23. The highest BCUT2D eigenvalue weighted by Crippen LogP contribution is 2.60. The second kappa shape index (κ2) is 3.12. The second-order valence-corrected chi connectivity index (χ2v) is 5.63. The van der Waals surface area contributed by atoms with Gasteiger partial charge >= 0.3 is 17.9 Å². The zero-order chi connectivity index (χ0) is 12.6. The van der Waals surface area contributed by atoms with Gasteiger partial charge in [0, 0.05) is 5.92 Å². The number of aliphatic hydroxyl groups is 1. The maximum Gasteiger partial charge on any atom is 0.317 e. The summed E-state index contributed by atoms with van der Waals surface area (Å²) in [5.41, 5.74) is 0. The van der Waals surface area contributed by atoms with Crippen molar-refractivity contribution in [2.24, 2.45) is 35.5 Å². The van der Waals surface area contributed by atoms with Gasteiger partial charge in [0.25, 0.3) is 0 Å². The number of hydrogen-bond acceptors (Lipinski definition) is 6. The highest BCUT2D eigenvalue weighted by Gasteiger charge is 2.68. The lowest BCUT2D eigenvalue weighted by atomic mass is 9.51. The third-order valence-corrected chi connectivity index (χ3v) is 5.10. The number of fused-ring (bicyclic) bond motifs is 1. The van der Waals surface area contributed by atoms with Gasteiger partial charge in [-0.05, 0) is 24.7 Å². The van der Waals surface area contributed by atoms with Gasteiger partial charge in [0.2, 0.25) is 6.29 Å². The van der Waals surface area contributed by atoms with Crippen LogP contribution in [-0.2, 0) is 23.9 Å². The number of carbonyl (C=O) groups excluding carboxylic acids is 3. The number of ether oxygens (including phenoxy) is 2. The molecule has 0 spiro atoms. The van der Waals surface area contributed by atoms with E-state index in [0.29, 0.717) is 0 Å². The van der Waals surface area contributed by atoms with E-state index in [1.54, 1.807) is 0 Å². The minimum absolute atomic E-state index is 0.176. The van der Waals surface area contributed by atoms with Gasteiger partial charge in [-0.1, -0.05) is 0 Å². The molecular formula is C12H12O6. The van der Waals surface area contributed by atoms with E-state index in [-0.39, 0.29) is 17.8 Å². The molecule has 0 amide bonds. The summed E-state index contributed by atoms with van der Waals surface area (Å²) in [6, 6.07) is 0. The first-order valence-corrected chi connectivity index (χ1v) is 6.23. The quantitative estimate of drug-likeness (QED) is 0.459. The van der Waals surface area contributed by atoms with E-state index in [9.17, 15) is 19.5 Å². The standard InChI is InChI=1S/C12H12O6/c13-9-5-3-1-2-4(7(5)11(15)17-9)8-6(3)10(14)18-12(8)16/h3-9,13H,1-2H2. The third kappa shape index (κ3) is 1.01. The molecule has 7 atom stereocenters. The van der Waals surface area contributed by atoms with Crippen molar-refractivity contribution >= 4 is 17.9 Å². The molecule has 5 rings (SSSR count). The molecular weight excluding hydrogens is 240 g/mol. The molecule has 0 aromatic rings. The molecule has 2 aliphatic heterocycles. The van der Waals surface area contributed by atoms with Crippen LogP contribution in [0.15, 0.2) is 0 Å².